The lowest BCUT2D eigenvalue weighted by Gasteiger charge is -2.10. The first-order chi connectivity index (χ1) is 16.1. The van der Waals surface area contributed by atoms with Crippen LogP contribution in [0.2, 0.25) is 0 Å². The number of carbonyl (C=O) groups is 1. The highest BCUT2D eigenvalue weighted by atomic mass is 16.5. The van der Waals surface area contributed by atoms with Crippen LogP contribution in [0.4, 0.5) is 5.69 Å². The highest BCUT2D eigenvalue weighted by Crippen LogP contribution is 2.33. The number of hydrogen-bond donors (Lipinski definition) is 1. The summed E-state index contributed by atoms with van der Waals surface area (Å²) in [4.78, 5) is 17.0. The fourth-order valence-electron chi connectivity index (χ4n) is 3.17. The average molecular weight is 445 g/mol. The molecule has 0 aliphatic carbocycles. The van der Waals surface area contributed by atoms with Crippen molar-refractivity contribution in [2.75, 3.05) is 26.1 Å². The molecule has 8 nitrogen and oxygen atoms in total. The molecule has 0 aliphatic rings. The average Bonchev–Trinajstić information content (AvgIpc) is 3.33. The second-order valence-electron chi connectivity index (χ2n) is 7.19. The number of anilines is 1. The molecule has 0 saturated heterocycles. The topological polar surface area (TPSA) is 95.7 Å². The first kappa shape index (κ1) is 21.9. The van der Waals surface area contributed by atoms with E-state index in [4.69, 9.17) is 18.7 Å². The third-order valence-electron chi connectivity index (χ3n) is 4.89. The Bertz CT molecular complexity index is 1250. The molecule has 1 N–H and O–H groups in total. The Morgan fingerprint density at radius 3 is 2.48 bits per heavy atom. The summed E-state index contributed by atoms with van der Waals surface area (Å²) >= 11 is 0. The lowest BCUT2D eigenvalue weighted by atomic mass is 10.1. The van der Waals surface area contributed by atoms with Crippen LogP contribution < -0.4 is 19.5 Å². The number of para-hydroxylation sites is 1. The molecule has 1 aromatic heterocycles. The van der Waals surface area contributed by atoms with Crippen LogP contribution in [0.1, 0.15) is 5.56 Å². The number of rotatable bonds is 8. The van der Waals surface area contributed by atoms with Crippen LogP contribution >= 0.6 is 0 Å². The Balaban J connectivity index is 1.50. The predicted octanol–water partition coefficient (Wildman–Crippen LogP) is 4.75. The Labute approximate surface area is 191 Å². The van der Waals surface area contributed by atoms with E-state index in [2.05, 4.69) is 15.5 Å². The zero-order chi connectivity index (χ0) is 23.2. The van der Waals surface area contributed by atoms with Crippen LogP contribution in [0, 0.1) is 6.92 Å². The van der Waals surface area contributed by atoms with Gasteiger partial charge >= 0.3 is 0 Å². The van der Waals surface area contributed by atoms with Gasteiger partial charge in [-0.25, -0.2) is 0 Å². The van der Waals surface area contributed by atoms with E-state index < -0.39 is 0 Å². The van der Waals surface area contributed by atoms with E-state index in [1.165, 1.54) is 0 Å². The van der Waals surface area contributed by atoms with Gasteiger partial charge in [-0.05, 0) is 49.4 Å². The second kappa shape index (κ2) is 9.86. The quantitative estimate of drug-likeness (QED) is 0.418. The van der Waals surface area contributed by atoms with E-state index in [0.717, 1.165) is 5.56 Å². The van der Waals surface area contributed by atoms with E-state index in [-0.39, 0.29) is 18.4 Å². The minimum absolute atomic E-state index is 0.127. The van der Waals surface area contributed by atoms with Gasteiger partial charge in [-0.3, -0.25) is 4.79 Å². The van der Waals surface area contributed by atoms with Crippen LogP contribution in [0.3, 0.4) is 0 Å². The van der Waals surface area contributed by atoms with Crippen LogP contribution in [0.15, 0.2) is 71.3 Å². The number of aryl methyl sites for hydroxylation is 1. The minimum Gasteiger partial charge on any atom is -0.493 e. The summed E-state index contributed by atoms with van der Waals surface area (Å²) < 4.78 is 21.7. The molecule has 1 heterocycles. The zero-order valence-corrected chi connectivity index (χ0v) is 18.5. The summed E-state index contributed by atoms with van der Waals surface area (Å²) in [6.07, 6.45) is 0. The largest absolute Gasteiger partial charge is 0.493 e. The van der Waals surface area contributed by atoms with Gasteiger partial charge in [0.05, 0.1) is 25.5 Å². The van der Waals surface area contributed by atoms with Crippen molar-refractivity contribution in [2.24, 2.45) is 0 Å². The summed E-state index contributed by atoms with van der Waals surface area (Å²) in [6.45, 7) is 1.86. The molecule has 8 heteroatoms. The Kier molecular flexibility index (Phi) is 6.54. The van der Waals surface area contributed by atoms with Crippen LogP contribution in [-0.2, 0) is 4.79 Å². The molecular weight excluding hydrogens is 422 g/mol. The fourth-order valence-corrected chi connectivity index (χ4v) is 3.17. The van der Waals surface area contributed by atoms with Crippen molar-refractivity contribution < 1.29 is 23.5 Å². The van der Waals surface area contributed by atoms with Crippen LogP contribution in [0.5, 0.6) is 17.2 Å². The van der Waals surface area contributed by atoms with Gasteiger partial charge in [-0.2, -0.15) is 4.98 Å². The highest BCUT2D eigenvalue weighted by Gasteiger charge is 2.17. The van der Waals surface area contributed by atoms with Gasteiger partial charge < -0.3 is 24.1 Å². The number of ether oxygens (including phenoxy) is 3. The number of carbonyl (C=O) groups excluding carboxylic acids is 1. The number of hydrogen-bond acceptors (Lipinski definition) is 7. The fraction of sp³-hybridized carbons (Fsp3) is 0.160. The summed E-state index contributed by atoms with van der Waals surface area (Å²) in [5.74, 6) is 2.14. The van der Waals surface area contributed by atoms with E-state index in [1.807, 2.05) is 49.4 Å². The molecule has 168 valence electrons. The van der Waals surface area contributed by atoms with Crippen molar-refractivity contribution in [3.63, 3.8) is 0 Å². The standard InChI is InChI=1S/C25H23N3O5/c1-16-8-11-18(12-9-16)32-15-23(29)26-20-7-5-4-6-19(20)25-27-24(28-33-25)17-10-13-21(30-2)22(14-17)31-3/h4-14H,15H2,1-3H3,(H,26,29). The SMILES string of the molecule is COc1ccc(-c2noc(-c3ccccc3NC(=O)COc3ccc(C)cc3)n2)cc1OC. The van der Waals surface area contributed by atoms with Crippen molar-refractivity contribution >= 4 is 11.6 Å². The number of amides is 1. The number of methoxy groups -OCH3 is 2. The molecule has 33 heavy (non-hydrogen) atoms. The molecule has 0 saturated carbocycles. The van der Waals surface area contributed by atoms with Crippen LogP contribution in [0.25, 0.3) is 22.8 Å². The molecule has 0 atom stereocenters. The molecule has 0 bridgehead atoms. The first-order valence-electron chi connectivity index (χ1n) is 10.2. The number of nitrogens with one attached hydrogen (secondary N) is 1. The monoisotopic (exact) mass is 445 g/mol. The molecule has 0 unspecified atom stereocenters. The van der Waals surface area contributed by atoms with Gasteiger partial charge in [-0.15, -0.1) is 0 Å². The molecule has 3 aromatic carbocycles. The zero-order valence-electron chi connectivity index (χ0n) is 18.5. The van der Waals surface area contributed by atoms with Gasteiger partial charge in [-0.1, -0.05) is 35.0 Å². The normalized spacial score (nSPS) is 10.5. The molecule has 4 aromatic rings. The molecule has 0 spiro atoms. The lowest BCUT2D eigenvalue weighted by molar-refractivity contribution is -0.118. The van der Waals surface area contributed by atoms with E-state index >= 15 is 0 Å². The summed E-state index contributed by atoms with van der Waals surface area (Å²) in [7, 11) is 3.13. The maximum Gasteiger partial charge on any atom is 0.262 e. The van der Waals surface area contributed by atoms with E-state index in [0.29, 0.717) is 39.9 Å². The van der Waals surface area contributed by atoms with Gasteiger partial charge in [0.25, 0.3) is 11.8 Å². The lowest BCUT2D eigenvalue weighted by Crippen LogP contribution is -2.20. The molecule has 0 fully saturated rings. The van der Waals surface area contributed by atoms with Crippen molar-refractivity contribution in [3.05, 3.63) is 72.3 Å². The minimum atomic E-state index is -0.303. The highest BCUT2D eigenvalue weighted by molar-refractivity contribution is 5.95. The third-order valence-corrected chi connectivity index (χ3v) is 4.89. The molecule has 4 rings (SSSR count). The van der Waals surface area contributed by atoms with Crippen LogP contribution in [-0.4, -0.2) is 36.9 Å². The Morgan fingerprint density at radius 1 is 0.970 bits per heavy atom. The number of nitrogens with zero attached hydrogens (tertiary/aromatic N) is 2. The van der Waals surface area contributed by atoms with Gasteiger partial charge in [0.15, 0.2) is 18.1 Å². The summed E-state index contributed by atoms with van der Waals surface area (Å²) in [5, 5.41) is 6.92. The van der Waals surface area contributed by atoms with Crippen molar-refractivity contribution in [1.82, 2.24) is 10.1 Å². The second-order valence-corrected chi connectivity index (χ2v) is 7.19. The third kappa shape index (κ3) is 5.12. The molecule has 1 amide bonds. The summed E-state index contributed by atoms with van der Waals surface area (Å²) in [6, 6.07) is 20.0. The molecule has 0 aliphatic heterocycles. The smallest absolute Gasteiger partial charge is 0.262 e. The van der Waals surface area contributed by atoms with Gasteiger partial charge in [0, 0.05) is 5.56 Å². The van der Waals surface area contributed by atoms with Crippen molar-refractivity contribution in [1.29, 1.82) is 0 Å². The van der Waals surface area contributed by atoms with Crippen molar-refractivity contribution in [3.8, 4) is 40.1 Å². The Hall–Kier alpha value is -4.33. The first-order valence-corrected chi connectivity index (χ1v) is 10.2. The molecule has 0 radical (unpaired) electrons. The number of aromatic nitrogens is 2. The Morgan fingerprint density at radius 2 is 1.73 bits per heavy atom. The number of benzene rings is 3. The molecular formula is C25H23N3O5. The van der Waals surface area contributed by atoms with Crippen molar-refractivity contribution in [2.45, 2.75) is 6.92 Å². The predicted molar refractivity (Wildman–Crippen MR) is 124 cm³/mol. The maximum absolute atomic E-state index is 12.5. The van der Waals surface area contributed by atoms with E-state index in [9.17, 15) is 4.79 Å². The van der Waals surface area contributed by atoms with Gasteiger partial charge in [0.2, 0.25) is 5.82 Å². The summed E-state index contributed by atoms with van der Waals surface area (Å²) in [5.41, 5.74) is 2.96. The maximum atomic E-state index is 12.5. The van der Waals surface area contributed by atoms with Gasteiger partial charge in [0.1, 0.15) is 5.75 Å². The van der Waals surface area contributed by atoms with E-state index in [1.54, 1.807) is 38.5 Å².